The Hall–Kier alpha value is -4.54. The first-order valence-corrected chi connectivity index (χ1v) is 16.9. The van der Waals surface area contributed by atoms with E-state index in [1.165, 1.54) is 0 Å². The molecule has 1 saturated heterocycles. The van der Waals surface area contributed by atoms with Crippen molar-refractivity contribution in [2.45, 2.75) is 84.9 Å². The maximum atomic E-state index is 12.9. The van der Waals surface area contributed by atoms with Crippen molar-refractivity contribution in [1.29, 1.82) is 0 Å². The molecular weight excluding hydrogens is 610 g/mol. The van der Waals surface area contributed by atoms with E-state index in [1.807, 2.05) is 80.3 Å². The summed E-state index contributed by atoms with van der Waals surface area (Å²) < 4.78 is 16.3. The topological polar surface area (TPSA) is 119 Å². The van der Waals surface area contributed by atoms with Crippen LogP contribution in [0.4, 0.5) is 22.0 Å². The van der Waals surface area contributed by atoms with Crippen molar-refractivity contribution < 1.29 is 23.9 Å². The minimum absolute atomic E-state index is 0.0394. The maximum absolute atomic E-state index is 12.9. The summed E-state index contributed by atoms with van der Waals surface area (Å²) in [7, 11) is 3.25. The molecule has 1 fully saturated rings. The highest BCUT2D eigenvalue weighted by molar-refractivity contribution is 5.75. The monoisotopic (exact) mass is 661 g/mol. The van der Waals surface area contributed by atoms with Crippen molar-refractivity contribution in [2.75, 3.05) is 44.1 Å². The number of likely N-dealkylation sites (tertiary alicyclic amines) is 1. The summed E-state index contributed by atoms with van der Waals surface area (Å²) in [6, 6.07) is 17.3. The van der Waals surface area contributed by atoms with Crippen LogP contribution in [0.3, 0.4) is 0 Å². The molecule has 0 atom stereocenters. The van der Waals surface area contributed by atoms with Gasteiger partial charge in [0.05, 0.1) is 19.1 Å². The molecule has 1 aliphatic heterocycles. The van der Waals surface area contributed by atoms with Crippen molar-refractivity contribution in [1.82, 2.24) is 9.88 Å². The zero-order chi connectivity index (χ0) is 34.7. The standard InChI is InChI=1S/C37H51N5O6/c1-7-8-9-10-30-23-33(38-24-27-19-21-40(22-20-27)36(43)48-37(2,3)4)34(42(44)45)35(39-30)41(25-28-11-15-31(46-5)16-12-28)26-29-13-17-32(47-6)18-14-29/h11-18,23,27H,7-10,19-22,24-26H2,1-6H3,(H,38,39). The molecule has 4 rings (SSSR count). The Labute approximate surface area is 284 Å². The van der Waals surface area contributed by atoms with Gasteiger partial charge in [0.15, 0.2) is 0 Å². The van der Waals surface area contributed by atoms with Gasteiger partial charge in [0, 0.05) is 38.4 Å². The molecule has 1 aliphatic rings. The fraction of sp³-hybridized carbons (Fsp3) is 0.514. The van der Waals surface area contributed by atoms with Crippen molar-refractivity contribution in [3.8, 4) is 11.5 Å². The Bertz CT molecular complexity index is 1430. The van der Waals surface area contributed by atoms with Crippen LogP contribution in [0.2, 0.25) is 0 Å². The summed E-state index contributed by atoms with van der Waals surface area (Å²) in [4.78, 5) is 33.8. The lowest BCUT2D eigenvalue weighted by Crippen LogP contribution is -2.42. The number of anilines is 2. The lowest BCUT2D eigenvalue weighted by Gasteiger charge is -2.33. The number of hydrogen-bond donors (Lipinski definition) is 1. The zero-order valence-corrected chi connectivity index (χ0v) is 29.3. The number of carbonyl (C=O) groups excluding carboxylic acids is 1. The highest BCUT2D eigenvalue weighted by atomic mass is 16.6. The van der Waals surface area contributed by atoms with Gasteiger partial charge in [-0.15, -0.1) is 0 Å². The molecule has 2 heterocycles. The predicted octanol–water partition coefficient (Wildman–Crippen LogP) is 8.01. The molecule has 11 nitrogen and oxygen atoms in total. The minimum Gasteiger partial charge on any atom is -0.497 e. The van der Waals surface area contributed by atoms with Crippen LogP contribution in [0.15, 0.2) is 54.6 Å². The SMILES string of the molecule is CCCCCc1cc(NCC2CCN(C(=O)OC(C)(C)C)CC2)c([N+](=O)[O-])c(N(Cc2ccc(OC)cc2)Cc2ccc(OC)cc2)n1. The number of nitrogens with zero attached hydrogens (tertiary/aromatic N) is 4. The van der Waals surface area contributed by atoms with Gasteiger partial charge >= 0.3 is 11.8 Å². The summed E-state index contributed by atoms with van der Waals surface area (Å²) in [5, 5.41) is 16.3. The van der Waals surface area contributed by atoms with Gasteiger partial charge < -0.3 is 29.3 Å². The van der Waals surface area contributed by atoms with Crippen molar-refractivity contribution in [3.63, 3.8) is 0 Å². The number of ether oxygens (including phenoxy) is 3. The van der Waals surface area contributed by atoms with Crippen LogP contribution in [0.25, 0.3) is 0 Å². The molecule has 0 radical (unpaired) electrons. The number of unbranched alkanes of at least 4 members (excludes halogenated alkanes) is 2. The van der Waals surface area contributed by atoms with Gasteiger partial charge in [-0.1, -0.05) is 44.0 Å². The van der Waals surface area contributed by atoms with E-state index in [0.29, 0.717) is 44.2 Å². The van der Waals surface area contributed by atoms with Crippen molar-refractivity contribution >= 4 is 23.3 Å². The number of amides is 1. The number of benzene rings is 2. The Morgan fingerprint density at radius 2 is 1.54 bits per heavy atom. The molecule has 0 saturated carbocycles. The van der Waals surface area contributed by atoms with Crippen LogP contribution in [-0.4, -0.2) is 60.4 Å². The Kier molecular flexibility index (Phi) is 12.9. The largest absolute Gasteiger partial charge is 0.497 e. The second-order valence-corrected chi connectivity index (χ2v) is 13.4. The first-order chi connectivity index (χ1) is 23.0. The molecule has 0 aliphatic carbocycles. The zero-order valence-electron chi connectivity index (χ0n) is 29.3. The van der Waals surface area contributed by atoms with Crippen LogP contribution in [0, 0.1) is 16.0 Å². The molecule has 2 aromatic carbocycles. The van der Waals surface area contributed by atoms with E-state index in [4.69, 9.17) is 19.2 Å². The number of nitrogens with one attached hydrogen (secondary N) is 1. The molecular formula is C37H51N5O6. The van der Waals surface area contributed by atoms with Crippen LogP contribution < -0.4 is 19.7 Å². The molecule has 0 unspecified atom stereocenters. The van der Waals surface area contributed by atoms with Crippen LogP contribution in [0.1, 0.15) is 76.6 Å². The smallest absolute Gasteiger partial charge is 0.410 e. The predicted molar refractivity (Wildman–Crippen MR) is 189 cm³/mol. The molecule has 48 heavy (non-hydrogen) atoms. The van der Waals surface area contributed by atoms with Crippen LogP contribution in [-0.2, 0) is 24.2 Å². The van der Waals surface area contributed by atoms with Gasteiger partial charge in [0.25, 0.3) is 0 Å². The fourth-order valence-electron chi connectivity index (χ4n) is 5.80. The highest BCUT2D eigenvalue weighted by Gasteiger charge is 2.30. The number of methoxy groups -OCH3 is 2. The summed E-state index contributed by atoms with van der Waals surface area (Å²) in [6.45, 7) is 10.3. The average Bonchev–Trinajstić information content (AvgIpc) is 3.07. The van der Waals surface area contributed by atoms with Gasteiger partial charge in [-0.25, -0.2) is 9.78 Å². The number of aromatic nitrogens is 1. The van der Waals surface area contributed by atoms with E-state index >= 15 is 0 Å². The molecule has 260 valence electrons. The fourth-order valence-corrected chi connectivity index (χ4v) is 5.80. The molecule has 1 N–H and O–H groups in total. The molecule has 11 heteroatoms. The number of rotatable bonds is 15. The third kappa shape index (κ3) is 10.5. The molecule has 1 aromatic heterocycles. The summed E-state index contributed by atoms with van der Waals surface area (Å²) in [5.74, 6) is 2.07. The van der Waals surface area contributed by atoms with Crippen molar-refractivity contribution in [2.24, 2.45) is 5.92 Å². The lowest BCUT2D eigenvalue weighted by molar-refractivity contribution is -0.383. The second-order valence-electron chi connectivity index (χ2n) is 13.4. The van der Waals surface area contributed by atoms with E-state index in [0.717, 1.165) is 66.8 Å². The van der Waals surface area contributed by atoms with Gasteiger partial charge in [-0.3, -0.25) is 10.1 Å². The Balaban J connectivity index is 1.65. The third-order valence-corrected chi connectivity index (χ3v) is 8.46. The number of pyridine rings is 1. The summed E-state index contributed by atoms with van der Waals surface area (Å²) in [6.07, 6.45) is 5.04. The molecule has 1 amide bonds. The molecule has 3 aromatic rings. The number of hydrogen-bond acceptors (Lipinski definition) is 9. The summed E-state index contributed by atoms with van der Waals surface area (Å²) >= 11 is 0. The van der Waals surface area contributed by atoms with Gasteiger partial charge in [-0.05, 0) is 93.8 Å². The van der Waals surface area contributed by atoms with Gasteiger partial charge in [0.1, 0.15) is 22.8 Å². The number of carbonyl (C=O) groups is 1. The number of nitro groups is 1. The number of piperidine rings is 1. The minimum atomic E-state index is -0.545. The Morgan fingerprint density at radius 3 is 2.02 bits per heavy atom. The molecule has 0 spiro atoms. The van der Waals surface area contributed by atoms with E-state index in [1.54, 1.807) is 19.1 Å². The lowest BCUT2D eigenvalue weighted by atomic mass is 9.97. The first kappa shape index (κ1) is 36.3. The highest BCUT2D eigenvalue weighted by Crippen LogP contribution is 2.37. The van der Waals surface area contributed by atoms with Crippen LogP contribution >= 0.6 is 0 Å². The van der Waals surface area contributed by atoms with E-state index < -0.39 is 5.60 Å². The van der Waals surface area contributed by atoms with E-state index in [2.05, 4.69) is 12.2 Å². The normalized spacial score (nSPS) is 13.6. The quantitative estimate of drug-likeness (QED) is 0.0981. The van der Waals surface area contributed by atoms with Crippen LogP contribution in [0.5, 0.6) is 11.5 Å². The average molecular weight is 662 g/mol. The van der Waals surface area contributed by atoms with E-state index in [9.17, 15) is 14.9 Å². The Morgan fingerprint density at radius 1 is 0.979 bits per heavy atom. The third-order valence-electron chi connectivity index (χ3n) is 8.46. The van der Waals surface area contributed by atoms with Crippen molar-refractivity contribution in [3.05, 3.63) is 81.5 Å². The maximum Gasteiger partial charge on any atom is 0.410 e. The second kappa shape index (κ2) is 17.0. The van der Waals surface area contributed by atoms with Gasteiger partial charge in [-0.2, -0.15) is 0 Å². The number of aryl methyl sites for hydroxylation is 1. The summed E-state index contributed by atoms with van der Waals surface area (Å²) in [5.41, 5.74) is 2.66. The van der Waals surface area contributed by atoms with E-state index in [-0.39, 0.29) is 22.6 Å². The first-order valence-electron chi connectivity index (χ1n) is 16.9. The van der Waals surface area contributed by atoms with Gasteiger partial charge in [0.2, 0.25) is 5.82 Å². The molecule has 0 bridgehead atoms.